The van der Waals surface area contributed by atoms with Crippen LogP contribution < -0.4 is 5.48 Å². The molecule has 0 aromatic heterocycles. The highest BCUT2D eigenvalue weighted by atomic mass is 16.8. The average Bonchev–Trinajstić information content (AvgIpc) is 2.72. The Bertz CT molecular complexity index is 689. The molecule has 154 valence electrons. The van der Waals surface area contributed by atoms with Crippen LogP contribution in [0.2, 0.25) is 0 Å². The lowest BCUT2D eigenvalue weighted by atomic mass is 9.88. The summed E-state index contributed by atoms with van der Waals surface area (Å²) in [5.41, 5.74) is 4.86. The molecule has 0 bridgehead atoms. The van der Waals surface area contributed by atoms with E-state index in [0.29, 0.717) is 38.2 Å². The molecule has 2 aliphatic heterocycles. The number of carbonyl (C=O) groups excluding carboxylic acids is 1. The molecule has 0 aliphatic carbocycles. The van der Waals surface area contributed by atoms with Gasteiger partial charge in [0, 0.05) is 38.9 Å². The summed E-state index contributed by atoms with van der Waals surface area (Å²) < 4.78 is 10.6. The molecule has 3 rings (SSSR count). The molecule has 8 heteroatoms. The van der Waals surface area contributed by atoms with Gasteiger partial charge in [-0.15, -0.1) is 0 Å². The van der Waals surface area contributed by atoms with Crippen molar-refractivity contribution in [2.24, 2.45) is 0 Å². The van der Waals surface area contributed by atoms with E-state index < -0.39 is 12.4 Å². The van der Waals surface area contributed by atoms with Crippen LogP contribution in [-0.4, -0.2) is 55.2 Å². The fourth-order valence-electron chi connectivity index (χ4n) is 3.78. The minimum atomic E-state index is -0.944. The molecular weight excluding hydrogens is 364 g/mol. The molecule has 0 spiro atoms. The molecule has 2 unspecified atom stereocenters. The first-order chi connectivity index (χ1) is 13.6. The Morgan fingerprint density at radius 3 is 2.93 bits per heavy atom. The Balaban J connectivity index is 1.72. The van der Waals surface area contributed by atoms with Gasteiger partial charge in [0.15, 0.2) is 6.29 Å². The summed E-state index contributed by atoms with van der Waals surface area (Å²) in [5, 5.41) is 9.58. The van der Waals surface area contributed by atoms with Crippen molar-refractivity contribution in [2.75, 3.05) is 26.9 Å². The van der Waals surface area contributed by atoms with Crippen molar-refractivity contribution in [3.63, 3.8) is 0 Å². The summed E-state index contributed by atoms with van der Waals surface area (Å²) in [5.74, 6) is -0.361. The SMILES string of the molecule is COCCCC1c2cc(C(=O)NOC3CCCCO3)ccc2CCN1C(=O)O. The third kappa shape index (κ3) is 5.01. The zero-order valence-electron chi connectivity index (χ0n) is 16.2. The highest BCUT2D eigenvalue weighted by molar-refractivity contribution is 5.93. The van der Waals surface area contributed by atoms with Crippen LogP contribution in [0.4, 0.5) is 4.79 Å². The maximum Gasteiger partial charge on any atom is 0.407 e. The zero-order valence-corrected chi connectivity index (χ0v) is 16.2. The van der Waals surface area contributed by atoms with E-state index in [-0.39, 0.29) is 11.9 Å². The topological polar surface area (TPSA) is 97.3 Å². The van der Waals surface area contributed by atoms with E-state index >= 15 is 0 Å². The molecule has 8 nitrogen and oxygen atoms in total. The molecular formula is C20H28N2O6. The fourth-order valence-corrected chi connectivity index (χ4v) is 3.78. The van der Waals surface area contributed by atoms with Gasteiger partial charge in [-0.3, -0.25) is 4.79 Å². The number of carbonyl (C=O) groups is 2. The van der Waals surface area contributed by atoms with Gasteiger partial charge in [0.25, 0.3) is 5.91 Å². The van der Waals surface area contributed by atoms with E-state index in [1.54, 1.807) is 19.2 Å². The van der Waals surface area contributed by atoms with E-state index in [4.69, 9.17) is 14.3 Å². The van der Waals surface area contributed by atoms with Crippen LogP contribution in [0.1, 0.15) is 59.6 Å². The van der Waals surface area contributed by atoms with Crippen molar-refractivity contribution < 1.29 is 29.0 Å². The second-order valence-electron chi connectivity index (χ2n) is 7.14. The lowest BCUT2D eigenvalue weighted by Gasteiger charge is -2.35. The Morgan fingerprint density at radius 1 is 1.36 bits per heavy atom. The van der Waals surface area contributed by atoms with E-state index in [1.165, 1.54) is 4.90 Å². The van der Waals surface area contributed by atoms with Gasteiger partial charge in [-0.1, -0.05) is 6.07 Å². The number of rotatable bonds is 7. The van der Waals surface area contributed by atoms with Gasteiger partial charge in [-0.25, -0.2) is 15.1 Å². The van der Waals surface area contributed by atoms with Gasteiger partial charge in [0.2, 0.25) is 0 Å². The highest BCUT2D eigenvalue weighted by Crippen LogP contribution is 2.34. The van der Waals surface area contributed by atoms with Gasteiger partial charge in [-0.2, -0.15) is 0 Å². The zero-order chi connectivity index (χ0) is 19.9. The number of hydrogen-bond acceptors (Lipinski definition) is 5. The lowest BCUT2D eigenvalue weighted by Crippen LogP contribution is -2.39. The summed E-state index contributed by atoms with van der Waals surface area (Å²) in [4.78, 5) is 31.0. The van der Waals surface area contributed by atoms with Crippen molar-refractivity contribution in [3.8, 4) is 0 Å². The Hall–Kier alpha value is -2.16. The van der Waals surface area contributed by atoms with Crippen LogP contribution >= 0.6 is 0 Å². The summed E-state index contributed by atoms with van der Waals surface area (Å²) in [6.07, 6.45) is 3.42. The number of methoxy groups -OCH3 is 1. The van der Waals surface area contributed by atoms with Crippen molar-refractivity contribution >= 4 is 12.0 Å². The van der Waals surface area contributed by atoms with Crippen LogP contribution in [0, 0.1) is 0 Å². The standard InChI is InChI=1S/C20H28N2O6/c1-26-11-4-5-17-16-13-15(8-7-14(16)9-10-22(17)20(24)25)19(23)21-28-18-6-2-3-12-27-18/h7-8,13,17-18H,2-6,9-12H2,1H3,(H,21,23)(H,24,25). The maximum absolute atomic E-state index is 12.5. The van der Waals surface area contributed by atoms with Crippen LogP contribution in [0.3, 0.4) is 0 Å². The quantitative estimate of drug-likeness (QED) is 0.547. The molecule has 1 aromatic rings. The molecule has 1 saturated heterocycles. The molecule has 1 aromatic carbocycles. The van der Waals surface area contributed by atoms with Gasteiger partial charge in [0.05, 0.1) is 6.04 Å². The number of hydroxylamine groups is 1. The summed E-state index contributed by atoms with van der Waals surface area (Å²) in [6.45, 7) is 1.65. The molecule has 2 aliphatic rings. The minimum Gasteiger partial charge on any atom is -0.465 e. The number of amides is 2. The number of nitrogens with zero attached hydrogens (tertiary/aromatic N) is 1. The third-order valence-corrected chi connectivity index (χ3v) is 5.26. The predicted molar refractivity (Wildman–Crippen MR) is 101 cm³/mol. The first-order valence-corrected chi connectivity index (χ1v) is 9.79. The first-order valence-electron chi connectivity index (χ1n) is 9.79. The number of benzene rings is 1. The molecule has 2 heterocycles. The van der Waals surface area contributed by atoms with Gasteiger partial charge in [-0.05, 0) is 55.4 Å². The largest absolute Gasteiger partial charge is 0.465 e. The maximum atomic E-state index is 12.5. The van der Waals surface area contributed by atoms with Gasteiger partial charge in [0.1, 0.15) is 0 Å². The second kappa shape index (κ2) is 9.86. The normalized spacial score (nSPS) is 21.8. The van der Waals surface area contributed by atoms with Crippen molar-refractivity contribution in [1.29, 1.82) is 0 Å². The van der Waals surface area contributed by atoms with Gasteiger partial charge < -0.3 is 19.5 Å². The van der Waals surface area contributed by atoms with E-state index in [2.05, 4.69) is 5.48 Å². The molecule has 0 saturated carbocycles. The Labute approximate surface area is 164 Å². The molecule has 1 fully saturated rings. The van der Waals surface area contributed by atoms with Gasteiger partial charge >= 0.3 is 6.09 Å². The van der Waals surface area contributed by atoms with Crippen LogP contribution in [0.5, 0.6) is 0 Å². The minimum absolute atomic E-state index is 0.285. The molecule has 28 heavy (non-hydrogen) atoms. The first kappa shape index (κ1) is 20.6. The molecule has 2 atom stereocenters. The lowest BCUT2D eigenvalue weighted by molar-refractivity contribution is -0.186. The smallest absolute Gasteiger partial charge is 0.407 e. The molecule has 2 amide bonds. The van der Waals surface area contributed by atoms with Crippen LogP contribution in [0.15, 0.2) is 18.2 Å². The van der Waals surface area contributed by atoms with E-state index in [0.717, 1.165) is 36.8 Å². The monoisotopic (exact) mass is 392 g/mol. The van der Waals surface area contributed by atoms with E-state index in [9.17, 15) is 14.7 Å². The average molecular weight is 392 g/mol. The van der Waals surface area contributed by atoms with E-state index in [1.807, 2.05) is 6.07 Å². The summed E-state index contributed by atoms with van der Waals surface area (Å²) >= 11 is 0. The van der Waals surface area contributed by atoms with Crippen LogP contribution in [-0.2, 0) is 20.7 Å². The number of ether oxygens (including phenoxy) is 2. The van der Waals surface area contributed by atoms with Crippen molar-refractivity contribution in [1.82, 2.24) is 10.4 Å². The number of nitrogens with one attached hydrogen (secondary N) is 1. The second-order valence-corrected chi connectivity index (χ2v) is 7.14. The van der Waals surface area contributed by atoms with Crippen molar-refractivity contribution in [3.05, 3.63) is 34.9 Å². The number of hydrogen-bond donors (Lipinski definition) is 2. The predicted octanol–water partition coefficient (Wildman–Crippen LogP) is 2.88. The molecule has 2 N–H and O–H groups in total. The summed E-state index contributed by atoms with van der Waals surface area (Å²) in [7, 11) is 1.63. The Morgan fingerprint density at radius 2 is 2.21 bits per heavy atom. The van der Waals surface area contributed by atoms with Crippen LogP contribution in [0.25, 0.3) is 0 Å². The third-order valence-electron chi connectivity index (χ3n) is 5.26. The number of carboxylic acid groups (broad SMARTS) is 1. The fraction of sp³-hybridized carbons (Fsp3) is 0.600. The highest BCUT2D eigenvalue weighted by Gasteiger charge is 2.31. The van der Waals surface area contributed by atoms with Crippen molar-refractivity contribution in [2.45, 2.75) is 50.9 Å². The summed E-state index contributed by atoms with van der Waals surface area (Å²) in [6, 6.07) is 5.15. The molecule has 0 radical (unpaired) electrons. The number of fused-ring (bicyclic) bond motifs is 1. The Kier molecular flexibility index (Phi) is 7.24.